The number of thiazole rings is 1. The van der Waals surface area contributed by atoms with Crippen molar-refractivity contribution in [2.24, 2.45) is 0 Å². The molecule has 0 amide bonds. The molecule has 1 heterocycles. The molecule has 0 aliphatic heterocycles. The molecule has 1 N–H and O–H groups in total. The number of benzene rings is 1. The maximum Gasteiger partial charge on any atom is 0.183 e. The van der Waals surface area contributed by atoms with E-state index in [1.54, 1.807) is 18.4 Å². The highest BCUT2D eigenvalue weighted by Crippen LogP contribution is 2.35. The Bertz CT molecular complexity index is 508. The molecule has 2 rings (SSSR count). The second-order valence-corrected chi connectivity index (χ2v) is 5.70. The van der Waals surface area contributed by atoms with E-state index in [0.29, 0.717) is 12.5 Å². The highest BCUT2D eigenvalue weighted by atomic mass is 32.1. The number of hydrogen-bond donors (Lipinski definition) is 1. The van der Waals surface area contributed by atoms with Crippen molar-refractivity contribution in [3.05, 3.63) is 35.2 Å². The molecular formula is C15H20N2OS. The Morgan fingerprint density at radius 3 is 2.63 bits per heavy atom. The Kier molecular flexibility index (Phi) is 4.93. The van der Waals surface area contributed by atoms with E-state index in [1.165, 1.54) is 10.4 Å². The standard InChI is InChI=1S/C15H20N2OS/c1-11(2)14-13(12-7-5-4-6-8-12)17-15(19-14)16-9-10-18-3/h4-8,11H,9-10H2,1-3H3,(H,16,17). The number of nitrogens with zero attached hydrogens (tertiary/aromatic N) is 1. The van der Waals surface area contributed by atoms with Crippen molar-refractivity contribution in [2.75, 3.05) is 25.6 Å². The molecule has 0 spiro atoms. The Morgan fingerprint density at radius 1 is 1.26 bits per heavy atom. The predicted octanol–water partition coefficient (Wildman–Crippen LogP) is 3.99. The van der Waals surface area contributed by atoms with E-state index < -0.39 is 0 Å². The molecule has 0 aliphatic rings. The van der Waals surface area contributed by atoms with Gasteiger partial charge in [0.25, 0.3) is 0 Å². The SMILES string of the molecule is COCCNc1nc(-c2ccccc2)c(C(C)C)s1. The van der Waals surface area contributed by atoms with Crippen LogP contribution in [0.3, 0.4) is 0 Å². The van der Waals surface area contributed by atoms with Gasteiger partial charge in [-0.25, -0.2) is 4.98 Å². The molecular weight excluding hydrogens is 256 g/mol. The highest BCUT2D eigenvalue weighted by Gasteiger charge is 2.15. The number of methoxy groups -OCH3 is 1. The van der Waals surface area contributed by atoms with Crippen LogP contribution in [0, 0.1) is 0 Å². The van der Waals surface area contributed by atoms with Gasteiger partial charge in [0.2, 0.25) is 0 Å². The molecule has 0 saturated carbocycles. The molecule has 0 saturated heterocycles. The molecule has 2 aromatic rings. The van der Waals surface area contributed by atoms with Crippen LogP contribution in [0.4, 0.5) is 5.13 Å². The molecule has 0 unspecified atom stereocenters. The third kappa shape index (κ3) is 3.55. The van der Waals surface area contributed by atoms with Gasteiger partial charge in [-0.1, -0.05) is 44.2 Å². The van der Waals surface area contributed by atoms with Crippen LogP contribution in [0.25, 0.3) is 11.3 Å². The number of anilines is 1. The fraction of sp³-hybridized carbons (Fsp3) is 0.400. The summed E-state index contributed by atoms with van der Waals surface area (Å²) in [5, 5.41) is 4.29. The Labute approximate surface area is 118 Å². The summed E-state index contributed by atoms with van der Waals surface area (Å²) in [4.78, 5) is 6.05. The zero-order chi connectivity index (χ0) is 13.7. The van der Waals surface area contributed by atoms with Crippen LogP contribution in [0.1, 0.15) is 24.6 Å². The van der Waals surface area contributed by atoms with Gasteiger partial charge in [0.1, 0.15) is 0 Å². The van der Waals surface area contributed by atoms with Gasteiger partial charge in [0.05, 0.1) is 12.3 Å². The third-order valence-electron chi connectivity index (χ3n) is 2.81. The lowest BCUT2D eigenvalue weighted by atomic mass is 10.1. The first-order chi connectivity index (χ1) is 9.22. The molecule has 4 heteroatoms. The molecule has 0 radical (unpaired) electrons. The second-order valence-electron chi connectivity index (χ2n) is 4.67. The number of ether oxygens (including phenoxy) is 1. The van der Waals surface area contributed by atoms with Crippen LogP contribution in [0.15, 0.2) is 30.3 Å². The van der Waals surface area contributed by atoms with E-state index in [2.05, 4.69) is 43.4 Å². The smallest absolute Gasteiger partial charge is 0.183 e. The van der Waals surface area contributed by atoms with E-state index in [1.807, 2.05) is 6.07 Å². The van der Waals surface area contributed by atoms with Gasteiger partial charge in [0, 0.05) is 24.1 Å². The maximum absolute atomic E-state index is 5.05. The molecule has 1 aromatic heterocycles. The van der Waals surface area contributed by atoms with E-state index >= 15 is 0 Å². The number of aromatic nitrogens is 1. The normalized spacial score (nSPS) is 10.9. The van der Waals surface area contributed by atoms with Gasteiger partial charge in [0.15, 0.2) is 5.13 Å². The molecule has 0 bridgehead atoms. The fourth-order valence-electron chi connectivity index (χ4n) is 1.86. The molecule has 0 fully saturated rings. The minimum absolute atomic E-state index is 0.477. The third-order valence-corrected chi connectivity index (χ3v) is 4.12. The average molecular weight is 276 g/mol. The number of nitrogens with one attached hydrogen (secondary N) is 1. The highest BCUT2D eigenvalue weighted by molar-refractivity contribution is 7.16. The predicted molar refractivity (Wildman–Crippen MR) is 82.0 cm³/mol. The quantitative estimate of drug-likeness (QED) is 0.810. The first-order valence-corrected chi connectivity index (χ1v) is 7.33. The Hall–Kier alpha value is -1.39. The van der Waals surface area contributed by atoms with Gasteiger partial charge in [-0.2, -0.15) is 0 Å². The van der Waals surface area contributed by atoms with Crippen LogP contribution in [-0.4, -0.2) is 25.2 Å². The number of hydrogen-bond acceptors (Lipinski definition) is 4. The van der Waals surface area contributed by atoms with E-state index in [9.17, 15) is 0 Å². The molecule has 3 nitrogen and oxygen atoms in total. The Balaban J connectivity index is 2.26. The summed E-state index contributed by atoms with van der Waals surface area (Å²) in [5.41, 5.74) is 2.28. The first-order valence-electron chi connectivity index (χ1n) is 6.51. The fourth-order valence-corrected chi connectivity index (χ4v) is 2.88. The van der Waals surface area contributed by atoms with E-state index in [-0.39, 0.29) is 0 Å². The van der Waals surface area contributed by atoms with Crippen LogP contribution in [-0.2, 0) is 4.74 Å². The summed E-state index contributed by atoms with van der Waals surface area (Å²) in [6.45, 7) is 5.89. The van der Waals surface area contributed by atoms with Crippen molar-refractivity contribution in [1.82, 2.24) is 4.98 Å². The van der Waals surface area contributed by atoms with Crippen LogP contribution in [0.2, 0.25) is 0 Å². The zero-order valence-corrected chi connectivity index (χ0v) is 12.5. The van der Waals surface area contributed by atoms with E-state index in [0.717, 1.165) is 17.4 Å². The van der Waals surface area contributed by atoms with Crippen LogP contribution < -0.4 is 5.32 Å². The summed E-state index contributed by atoms with van der Waals surface area (Å²) in [5.74, 6) is 0.477. The zero-order valence-electron chi connectivity index (χ0n) is 11.6. The maximum atomic E-state index is 5.05. The summed E-state index contributed by atoms with van der Waals surface area (Å²) in [6.07, 6.45) is 0. The summed E-state index contributed by atoms with van der Waals surface area (Å²) in [7, 11) is 1.71. The summed E-state index contributed by atoms with van der Waals surface area (Å²) >= 11 is 1.74. The molecule has 0 aliphatic carbocycles. The van der Waals surface area contributed by atoms with Crippen molar-refractivity contribution in [2.45, 2.75) is 19.8 Å². The second kappa shape index (κ2) is 6.68. The van der Waals surface area contributed by atoms with Crippen molar-refractivity contribution in [3.8, 4) is 11.3 Å². The molecule has 19 heavy (non-hydrogen) atoms. The minimum Gasteiger partial charge on any atom is -0.383 e. The topological polar surface area (TPSA) is 34.1 Å². The van der Waals surface area contributed by atoms with Crippen molar-refractivity contribution in [1.29, 1.82) is 0 Å². The lowest BCUT2D eigenvalue weighted by molar-refractivity contribution is 0.211. The lowest BCUT2D eigenvalue weighted by Crippen LogP contribution is -2.06. The van der Waals surface area contributed by atoms with Crippen LogP contribution >= 0.6 is 11.3 Å². The van der Waals surface area contributed by atoms with Crippen molar-refractivity contribution >= 4 is 16.5 Å². The Morgan fingerprint density at radius 2 is 2.00 bits per heavy atom. The van der Waals surface area contributed by atoms with E-state index in [4.69, 9.17) is 9.72 Å². The van der Waals surface area contributed by atoms with Crippen LogP contribution in [0.5, 0.6) is 0 Å². The van der Waals surface area contributed by atoms with Gasteiger partial charge >= 0.3 is 0 Å². The summed E-state index contributed by atoms with van der Waals surface area (Å²) in [6, 6.07) is 10.4. The first kappa shape index (κ1) is 14.0. The molecule has 102 valence electrons. The van der Waals surface area contributed by atoms with Gasteiger partial charge in [-0.05, 0) is 5.92 Å². The van der Waals surface area contributed by atoms with Crippen molar-refractivity contribution < 1.29 is 4.74 Å². The average Bonchev–Trinajstić information content (AvgIpc) is 2.84. The van der Waals surface area contributed by atoms with Crippen molar-refractivity contribution in [3.63, 3.8) is 0 Å². The molecule has 0 atom stereocenters. The molecule has 1 aromatic carbocycles. The number of rotatable bonds is 6. The van der Waals surface area contributed by atoms with Gasteiger partial charge in [-0.15, -0.1) is 11.3 Å². The van der Waals surface area contributed by atoms with Gasteiger partial charge < -0.3 is 10.1 Å². The summed E-state index contributed by atoms with van der Waals surface area (Å²) < 4.78 is 5.05. The monoisotopic (exact) mass is 276 g/mol. The minimum atomic E-state index is 0.477. The lowest BCUT2D eigenvalue weighted by Gasteiger charge is -2.04. The largest absolute Gasteiger partial charge is 0.383 e. The van der Waals surface area contributed by atoms with Gasteiger partial charge in [-0.3, -0.25) is 0 Å².